The molecule has 3 heterocycles. The van der Waals surface area contributed by atoms with Crippen molar-refractivity contribution in [1.82, 2.24) is 19.5 Å². The van der Waals surface area contributed by atoms with Gasteiger partial charge in [0.25, 0.3) is 5.56 Å². The van der Waals surface area contributed by atoms with Crippen molar-refractivity contribution in [2.24, 2.45) is 0 Å². The molecule has 0 saturated carbocycles. The van der Waals surface area contributed by atoms with Crippen LogP contribution in [0.3, 0.4) is 0 Å². The minimum Gasteiger partial charge on any atom is -0.376 e. The van der Waals surface area contributed by atoms with Gasteiger partial charge in [-0.05, 0) is 13.8 Å². The first-order chi connectivity index (χ1) is 14.1. The molecule has 0 aliphatic carbocycles. The number of anilines is 1. The van der Waals surface area contributed by atoms with Gasteiger partial charge < -0.3 is 24.8 Å². The van der Waals surface area contributed by atoms with Crippen LogP contribution in [0.15, 0.2) is 11.1 Å². The SMILES string of the molecule is C#CCOC1C(OP(C)(=O)O)C(COC(C)C)OC1n1cnc2c(=O)[nH]c(N)nc21. The number of nitrogens with two attached hydrogens (primary N) is 1. The van der Waals surface area contributed by atoms with E-state index in [1.54, 1.807) is 0 Å². The second kappa shape index (κ2) is 8.85. The Bertz CT molecular complexity index is 1040. The lowest BCUT2D eigenvalue weighted by Crippen LogP contribution is -2.38. The molecule has 2 aromatic rings. The van der Waals surface area contributed by atoms with Crippen molar-refractivity contribution >= 4 is 24.7 Å². The number of rotatable bonds is 8. The molecule has 1 fully saturated rings. The van der Waals surface area contributed by atoms with Gasteiger partial charge in [0, 0.05) is 6.66 Å². The number of aromatic nitrogens is 4. The second-order valence-corrected chi connectivity index (χ2v) is 8.89. The highest BCUT2D eigenvalue weighted by atomic mass is 31.2. The number of hydrogen-bond acceptors (Lipinski definition) is 9. The number of fused-ring (bicyclic) bond motifs is 1. The highest BCUT2D eigenvalue weighted by Crippen LogP contribution is 2.45. The lowest BCUT2D eigenvalue weighted by Gasteiger charge is -2.25. The molecule has 164 valence electrons. The molecular weight excluding hydrogens is 417 g/mol. The molecule has 0 radical (unpaired) electrons. The van der Waals surface area contributed by atoms with Crippen LogP contribution in [-0.2, 0) is 23.3 Å². The van der Waals surface area contributed by atoms with Crippen molar-refractivity contribution < 1.29 is 28.2 Å². The third-order valence-electron chi connectivity index (χ3n) is 4.28. The van der Waals surface area contributed by atoms with Crippen molar-refractivity contribution in [3.8, 4) is 12.3 Å². The Hall–Kier alpha value is -2.26. The summed E-state index contributed by atoms with van der Waals surface area (Å²) in [4.78, 5) is 32.5. The molecule has 12 nitrogen and oxygen atoms in total. The van der Waals surface area contributed by atoms with E-state index in [0.717, 1.165) is 6.66 Å². The molecule has 1 aliphatic heterocycles. The van der Waals surface area contributed by atoms with Crippen molar-refractivity contribution in [3.05, 3.63) is 16.7 Å². The monoisotopic (exact) mass is 441 g/mol. The topological polar surface area (TPSA) is 164 Å². The summed E-state index contributed by atoms with van der Waals surface area (Å²) in [6.07, 6.45) is 2.97. The number of imidazole rings is 1. The number of H-pyrrole nitrogens is 1. The van der Waals surface area contributed by atoms with Gasteiger partial charge in [0.2, 0.25) is 5.95 Å². The van der Waals surface area contributed by atoms with Gasteiger partial charge in [-0.2, -0.15) is 4.98 Å². The Morgan fingerprint density at radius 1 is 1.50 bits per heavy atom. The molecule has 3 rings (SSSR count). The zero-order valence-corrected chi connectivity index (χ0v) is 17.6. The molecule has 30 heavy (non-hydrogen) atoms. The lowest BCUT2D eigenvalue weighted by molar-refractivity contribution is -0.0785. The van der Waals surface area contributed by atoms with Crippen LogP contribution >= 0.6 is 7.60 Å². The molecule has 1 aliphatic rings. The van der Waals surface area contributed by atoms with Crippen LogP contribution in [0.5, 0.6) is 0 Å². The Morgan fingerprint density at radius 3 is 2.87 bits per heavy atom. The van der Waals surface area contributed by atoms with Gasteiger partial charge in [-0.15, -0.1) is 6.42 Å². The lowest BCUT2D eigenvalue weighted by atomic mass is 10.1. The van der Waals surface area contributed by atoms with Gasteiger partial charge in [0.1, 0.15) is 24.9 Å². The maximum Gasteiger partial charge on any atom is 0.325 e. The average Bonchev–Trinajstić information content (AvgIpc) is 3.18. The van der Waals surface area contributed by atoms with Crippen LogP contribution in [-0.4, -0.2) is 68.7 Å². The van der Waals surface area contributed by atoms with Crippen LogP contribution in [0.25, 0.3) is 11.2 Å². The van der Waals surface area contributed by atoms with E-state index in [0.29, 0.717) is 0 Å². The molecule has 0 amide bonds. The summed E-state index contributed by atoms with van der Waals surface area (Å²) < 4.78 is 36.3. The van der Waals surface area contributed by atoms with Crippen LogP contribution in [0, 0.1) is 12.3 Å². The molecular formula is C17H24N5O7P. The molecule has 1 saturated heterocycles. The highest BCUT2D eigenvalue weighted by Gasteiger charge is 2.50. The smallest absolute Gasteiger partial charge is 0.325 e. The van der Waals surface area contributed by atoms with Crippen LogP contribution in [0.2, 0.25) is 0 Å². The Kier molecular flexibility index (Phi) is 6.62. The third-order valence-corrected chi connectivity index (χ3v) is 4.92. The maximum absolute atomic E-state index is 12.1. The van der Waals surface area contributed by atoms with Gasteiger partial charge in [0.05, 0.1) is 19.0 Å². The minimum atomic E-state index is -3.92. The number of ether oxygens (including phenoxy) is 3. The van der Waals surface area contributed by atoms with Crippen molar-refractivity contribution in [1.29, 1.82) is 0 Å². The van der Waals surface area contributed by atoms with Gasteiger partial charge in [-0.25, -0.2) is 4.98 Å². The number of terminal acetylenes is 1. The largest absolute Gasteiger partial charge is 0.376 e. The van der Waals surface area contributed by atoms with Crippen molar-refractivity contribution in [2.45, 2.75) is 44.5 Å². The zero-order chi connectivity index (χ0) is 22.1. The average molecular weight is 441 g/mol. The zero-order valence-electron chi connectivity index (χ0n) is 16.7. The summed E-state index contributed by atoms with van der Waals surface area (Å²) in [5.41, 5.74) is 5.35. The molecule has 5 unspecified atom stereocenters. The van der Waals surface area contributed by atoms with Gasteiger partial charge in [-0.3, -0.25) is 23.4 Å². The quantitative estimate of drug-likeness (QED) is 0.382. The van der Waals surface area contributed by atoms with E-state index in [1.165, 1.54) is 10.9 Å². The molecule has 5 atom stereocenters. The first kappa shape index (κ1) is 22.4. The predicted molar refractivity (Wildman–Crippen MR) is 107 cm³/mol. The number of hydrogen-bond donors (Lipinski definition) is 3. The molecule has 0 spiro atoms. The standard InChI is InChI=1S/C17H24N5O7P/c1-5-6-26-13-12(29-30(4,24)25)10(7-27-9(2)3)28-16(13)22-8-19-11-14(22)20-17(18)21-15(11)23/h1,8-10,12-13,16H,6-7H2,2-4H3,(H,24,25)(H3,18,20,21,23). The fraction of sp³-hybridized carbons (Fsp3) is 0.588. The van der Waals surface area contributed by atoms with E-state index < -0.39 is 37.7 Å². The summed E-state index contributed by atoms with van der Waals surface area (Å²) in [6, 6.07) is 0. The van der Waals surface area contributed by atoms with E-state index in [2.05, 4.69) is 20.9 Å². The van der Waals surface area contributed by atoms with E-state index in [1.807, 2.05) is 13.8 Å². The summed E-state index contributed by atoms with van der Waals surface area (Å²) in [6.45, 7) is 4.71. The Labute approximate surface area is 172 Å². The van der Waals surface area contributed by atoms with Crippen LogP contribution in [0.4, 0.5) is 5.95 Å². The first-order valence-electron chi connectivity index (χ1n) is 9.14. The Morgan fingerprint density at radius 2 is 2.23 bits per heavy atom. The summed E-state index contributed by atoms with van der Waals surface area (Å²) in [5.74, 6) is 2.25. The second-order valence-electron chi connectivity index (χ2n) is 7.08. The van der Waals surface area contributed by atoms with Crippen LogP contribution < -0.4 is 11.3 Å². The van der Waals surface area contributed by atoms with E-state index in [-0.39, 0.29) is 36.4 Å². The summed E-state index contributed by atoms with van der Waals surface area (Å²) in [7, 11) is -3.92. The fourth-order valence-electron chi connectivity index (χ4n) is 3.16. The van der Waals surface area contributed by atoms with Gasteiger partial charge >= 0.3 is 7.60 Å². The maximum atomic E-state index is 12.1. The van der Waals surface area contributed by atoms with Crippen molar-refractivity contribution in [3.63, 3.8) is 0 Å². The van der Waals surface area contributed by atoms with E-state index in [4.69, 9.17) is 30.9 Å². The number of nitrogens with one attached hydrogen (secondary N) is 1. The van der Waals surface area contributed by atoms with E-state index in [9.17, 15) is 14.3 Å². The Balaban J connectivity index is 2.04. The fourth-order valence-corrected chi connectivity index (χ4v) is 3.86. The predicted octanol–water partition coefficient (Wildman–Crippen LogP) is 0.243. The van der Waals surface area contributed by atoms with Gasteiger partial charge in [0.15, 0.2) is 17.4 Å². The number of aromatic amines is 1. The highest BCUT2D eigenvalue weighted by molar-refractivity contribution is 7.51. The molecule has 0 bridgehead atoms. The summed E-state index contributed by atoms with van der Waals surface area (Å²) in [5, 5.41) is 0. The first-order valence-corrected chi connectivity index (χ1v) is 11.2. The number of nitrogen functional groups attached to an aromatic ring is 1. The van der Waals surface area contributed by atoms with Gasteiger partial charge in [-0.1, -0.05) is 5.92 Å². The molecule has 4 N–H and O–H groups in total. The molecule has 0 aromatic carbocycles. The van der Waals surface area contributed by atoms with Crippen molar-refractivity contribution in [2.75, 3.05) is 25.6 Å². The molecule has 13 heteroatoms. The molecule has 2 aromatic heterocycles. The third kappa shape index (κ3) is 4.89. The summed E-state index contributed by atoms with van der Waals surface area (Å²) >= 11 is 0. The van der Waals surface area contributed by atoms with Crippen LogP contribution in [0.1, 0.15) is 20.1 Å². The van der Waals surface area contributed by atoms with E-state index >= 15 is 0 Å². The minimum absolute atomic E-state index is 0.0474. The normalized spacial score (nSPS) is 26.1. The number of nitrogens with zero attached hydrogens (tertiary/aromatic N) is 3.